The van der Waals surface area contributed by atoms with E-state index < -0.39 is 5.54 Å². The Morgan fingerprint density at radius 1 is 1.67 bits per heavy atom. The van der Waals surface area contributed by atoms with Crippen LogP contribution in [0.15, 0.2) is 10.9 Å². The highest BCUT2D eigenvalue weighted by atomic mass is 16.5. The molecular formula is C9H16N4O2. The van der Waals surface area contributed by atoms with Gasteiger partial charge >= 0.3 is 0 Å². The Morgan fingerprint density at radius 2 is 2.40 bits per heavy atom. The molecule has 0 aliphatic heterocycles. The number of hydrogen-bond acceptors (Lipinski definition) is 5. The molecule has 0 spiro atoms. The first-order valence-electron chi connectivity index (χ1n) is 4.78. The molecule has 6 heteroatoms. The number of rotatable bonds is 5. The second kappa shape index (κ2) is 4.88. The van der Waals surface area contributed by atoms with E-state index in [1.54, 1.807) is 0 Å². The van der Waals surface area contributed by atoms with Gasteiger partial charge in [-0.05, 0) is 13.8 Å². The van der Waals surface area contributed by atoms with Crippen molar-refractivity contribution in [1.82, 2.24) is 15.5 Å². The molecule has 0 atom stereocenters. The first-order valence-corrected chi connectivity index (χ1v) is 4.78. The molecule has 0 saturated heterocycles. The van der Waals surface area contributed by atoms with Crippen molar-refractivity contribution in [2.75, 3.05) is 6.54 Å². The lowest BCUT2D eigenvalue weighted by Gasteiger charge is -2.17. The summed E-state index contributed by atoms with van der Waals surface area (Å²) in [6, 6.07) is 0. The highest BCUT2D eigenvalue weighted by Gasteiger charge is 2.15. The Bertz CT molecular complexity index is 302. The van der Waals surface area contributed by atoms with E-state index in [9.17, 15) is 4.79 Å². The van der Waals surface area contributed by atoms with Crippen LogP contribution in [0.3, 0.4) is 0 Å². The van der Waals surface area contributed by atoms with Crippen LogP contribution in [0.1, 0.15) is 26.2 Å². The van der Waals surface area contributed by atoms with Crippen molar-refractivity contribution >= 4 is 5.91 Å². The fourth-order valence-corrected chi connectivity index (χ4v) is 1.09. The van der Waals surface area contributed by atoms with Gasteiger partial charge in [0.05, 0.1) is 0 Å². The van der Waals surface area contributed by atoms with Crippen LogP contribution in [-0.2, 0) is 11.2 Å². The van der Waals surface area contributed by atoms with Crippen molar-refractivity contribution in [2.24, 2.45) is 5.73 Å². The SMILES string of the molecule is CC(C)(N)CC(=O)NCCc1ncno1. The molecular weight excluding hydrogens is 196 g/mol. The fraction of sp³-hybridized carbons (Fsp3) is 0.667. The molecule has 0 radical (unpaired) electrons. The summed E-state index contributed by atoms with van der Waals surface area (Å²) in [5.74, 6) is 0.448. The van der Waals surface area contributed by atoms with Crippen LogP contribution in [0.5, 0.6) is 0 Å². The van der Waals surface area contributed by atoms with Crippen LogP contribution in [0.2, 0.25) is 0 Å². The lowest BCUT2D eigenvalue weighted by atomic mass is 10.0. The van der Waals surface area contributed by atoms with Gasteiger partial charge in [0.1, 0.15) is 0 Å². The third-order valence-electron chi connectivity index (χ3n) is 1.68. The molecule has 0 bridgehead atoms. The molecule has 0 aromatic carbocycles. The molecule has 0 saturated carbocycles. The number of hydrogen-bond donors (Lipinski definition) is 2. The van der Waals surface area contributed by atoms with Crippen LogP contribution in [0.25, 0.3) is 0 Å². The number of carbonyl (C=O) groups is 1. The van der Waals surface area contributed by atoms with Gasteiger partial charge in [-0.1, -0.05) is 5.16 Å². The number of aromatic nitrogens is 2. The quantitative estimate of drug-likeness (QED) is 0.708. The molecule has 0 fully saturated rings. The van der Waals surface area contributed by atoms with Crippen LogP contribution >= 0.6 is 0 Å². The van der Waals surface area contributed by atoms with Crippen LogP contribution in [-0.4, -0.2) is 28.1 Å². The van der Waals surface area contributed by atoms with Crippen molar-refractivity contribution in [2.45, 2.75) is 32.2 Å². The highest BCUT2D eigenvalue weighted by molar-refractivity contribution is 5.77. The van der Waals surface area contributed by atoms with Gasteiger partial charge in [-0.25, -0.2) is 0 Å². The first kappa shape index (κ1) is 11.6. The largest absolute Gasteiger partial charge is 0.356 e. The number of nitrogens with zero attached hydrogens (tertiary/aromatic N) is 2. The minimum atomic E-state index is -0.478. The third-order valence-corrected chi connectivity index (χ3v) is 1.68. The predicted octanol–water partition coefficient (Wildman–Crippen LogP) is -0.144. The molecule has 0 unspecified atom stereocenters. The summed E-state index contributed by atoms with van der Waals surface area (Å²) >= 11 is 0. The molecule has 1 amide bonds. The fourth-order valence-electron chi connectivity index (χ4n) is 1.09. The maximum absolute atomic E-state index is 11.3. The summed E-state index contributed by atoms with van der Waals surface area (Å²) < 4.78 is 4.78. The number of carbonyl (C=O) groups excluding carboxylic acids is 1. The van der Waals surface area contributed by atoms with Crippen molar-refractivity contribution in [3.05, 3.63) is 12.2 Å². The zero-order valence-electron chi connectivity index (χ0n) is 8.99. The summed E-state index contributed by atoms with van der Waals surface area (Å²) in [5, 5.41) is 6.19. The summed E-state index contributed by atoms with van der Waals surface area (Å²) in [7, 11) is 0. The molecule has 1 aromatic heterocycles. The lowest BCUT2D eigenvalue weighted by molar-refractivity contribution is -0.121. The molecule has 0 aliphatic carbocycles. The van der Waals surface area contributed by atoms with Crippen LogP contribution in [0, 0.1) is 0 Å². The third kappa shape index (κ3) is 5.11. The Balaban J connectivity index is 2.18. The normalized spacial score (nSPS) is 11.4. The van der Waals surface area contributed by atoms with Gasteiger partial charge in [0.25, 0.3) is 0 Å². The Hall–Kier alpha value is -1.43. The first-order chi connectivity index (χ1) is 6.97. The average molecular weight is 212 g/mol. The van der Waals surface area contributed by atoms with Crippen molar-refractivity contribution in [3.8, 4) is 0 Å². The molecule has 6 nitrogen and oxygen atoms in total. The van der Waals surface area contributed by atoms with Crippen LogP contribution < -0.4 is 11.1 Å². The molecule has 1 rings (SSSR count). The van der Waals surface area contributed by atoms with E-state index in [4.69, 9.17) is 10.3 Å². The van der Waals surface area contributed by atoms with E-state index in [2.05, 4.69) is 15.5 Å². The minimum absolute atomic E-state index is 0.0676. The summed E-state index contributed by atoms with van der Waals surface area (Å²) in [4.78, 5) is 15.2. The van der Waals surface area contributed by atoms with E-state index >= 15 is 0 Å². The van der Waals surface area contributed by atoms with Gasteiger partial charge in [0, 0.05) is 24.9 Å². The minimum Gasteiger partial charge on any atom is -0.356 e. The van der Waals surface area contributed by atoms with E-state index in [0.29, 0.717) is 25.3 Å². The van der Waals surface area contributed by atoms with Gasteiger partial charge in [-0.2, -0.15) is 4.98 Å². The summed E-state index contributed by atoms with van der Waals surface area (Å²) in [6.45, 7) is 4.10. The van der Waals surface area contributed by atoms with E-state index in [0.717, 1.165) is 0 Å². The van der Waals surface area contributed by atoms with Gasteiger partial charge in [-0.3, -0.25) is 4.79 Å². The van der Waals surface area contributed by atoms with Gasteiger partial charge in [-0.15, -0.1) is 0 Å². The molecule has 84 valence electrons. The van der Waals surface area contributed by atoms with E-state index in [1.165, 1.54) is 6.33 Å². The maximum atomic E-state index is 11.3. The van der Waals surface area contributed by atoms with Crippen molar-refractivity contribution < 1.29 is 9.32 Å². The Morgan fingerprint density at radius 3 is 2.93 bits per heavy atom. The van der Waals surface area contributed by atoms with Gasteiger partial charge in [0.2, 0.25) is 11.8 Å². The zero-order valence-corrected chi connectivity index (χ0v) is 8.99. The van der Waals surface area contributed by atoms with Gasteiger partial charge in [0.15, 0.2) is 6.33 Å². The second-order valence-corrected chi connectivity index (χ2v) is 4.10. The Labute approximate surface area is 88.2 Å². The highest BCUT2D eigenvalue weighted by Crippen LogP contribution is 2.02. The maximum Gasteiger partial charge on any atom is 0.228 e. The topological polar surface area (TPSA) is 94.0 Å². The molecule has 15 heavy (non-hydrogen) atoms. The van der Waals surface area contributed by atoms with E-state index in [-0.39, 0.29) is 5.91 Å². The zero-order chi connectivity index (χ0) is 11.3. The summed E-state index contributed by atoms with van der Waals surface area (Å²) in [5.41, 5.74) is 5.22. The monoisotopic (exact) mass is 212 g/mol. The predicted molar refractivity (Wildman–Crippen MR) is 53.9 cm³/mol. The van der Waals surface area contributed by atoms with Gasteiger partial charge < -0.3 is 15.6 Å². The number of nitrogens with two attached hydrogens (primary N) is 1. The standard InChI is InChI=1S/C9H16N4O2/c1-9(2,10)5-7(14)11-4-3-8-12-6-13-15-8/h6H,3-5,10H2,1-2H3,(H,11,14). The van der Waals surface area contributed by atoms with Crippen molar-refractivity contribution in [1.29, 1.82) is 0 Å². The van der Waals surface area contributed by atoms with E-state index in [1.807, 2.05) is 13.8 Å². The molecule has 0 aliphatic rings. The average Bonchev–Trinajstić information content (AvgIpc) is 2.53. The Kier molecular flexibility index (Phi) is 3.79. The number of nitrogens with one attached hydrogen (secondary N) is 1. The van der Waals surface area contributed by atoms with Crippen molar-refractivity contribution in [3.63, 3.8) is 0 Å². The molecule has 1 heterocycles. The lowest BCUT2D eigenvalue weighted by Crippen LogP contribution is -2.39. The summed E-state index contributed by atoms with van der Waals surface area (Å²) in [6.07, 6.45) is 2.17. The molecule has 1 aromatic rings. The van der Waals surface area contributed by atoms with Crippen LogP contribution in [0.4, 0.5) is 0 Å². The smallest absolute Gasteiger partial charge is 0.228 e. The second-order valence-electron chi connectivity index (χ2n) is 4.10. The number of amides is 1. The molecule has 3 N–H and O–H groups in total.